The van der Waals surface area contributed by atoms with Crippen molar-refractivity contribution >= 4 is 21.6 Å². The van der Waals surface area contributed by atoms with E-state index in [9.17, 15) is 5.11 Å². The summed E-state index contributed by atoms with van der Waals surface area (Å²) in [7, 11) is 1.51. The average molecular weight is 333 g/mol. The molecular formula is C15H13BrN2O2. The standard InChI is InChI=1S/C15H13BrN2O2/c1-20-14-7-11(6-13(16)15(14)19)9-18-12-4-2-10(8-17)3-5-12/h2-7,18-19H,9H2,1H3. The predicted octanol–water partition coefficient (Wildman–Crippen LogP) is 3.65. The molecule has 0 aromatic heterocycles. The lowest BCUT2D eigenvalue weighted by atomic mass is 10.2. The first-order valence-corrected chi connectivity index (χ1v) is 6.72. The normalized spacial score (nSPS) is 9.85. The van der Waals surface area contributed by atoms with Gasteiger partial charge >= 0.3 is 0 Å². The Bertz CT molecular complexity index is 648. The van der Waals surface area contributed by atoms with E-state index in [0.717, 1.165) is 11.3 Å². The third kappa shape index (κ3) is 3.22. The minimum atomic E-state index is 0.0922. The number of halogens is 1. The van der Waals surface area contributed by atoms with Gasteiger partial charge in [0.05, 0.1) is 23.2 Å². The molecule has 0 unspecified atom stereocenters. The molecule has 2 rings (SSSR count). The molecule has 2 aromatic carbocycles. The molecule has 4 nitrogen and oxygen atoms in total. The lowest BCUT2D eigenvalue weighted by molar-refractivity contribution is 0.371. The van der Waals surface area contributed by atoms with Crippen molar-refractivity contribution in [2.24, 2.45) is 0 Å². The second-order valence-corrected chi connectivity index (χ2v) is 5.03. The number of nitrogens with one attached hydrogen (secondary N) is 1. The molecule has 102 valence electrons. The smallest absolute Gasteiger partial charge is 0.172 e. The zero-order chi connectivity index (χ0) is 14.5. The van der Waals surface area contributed by atoms with Gasteiger partial charge in [0.1, 0.15) is 0 Å². The van der Waals surface area contributed by atoms with Crippen LogP contribution in [0.1, 0.15) is 11.1 Å². The van der Waals surface area contributed by atoms with Crippen LogP contribution >= 0.6 is 15.9 Å². The number of nitriles is 1. The molecule has 2 N–H and O–H groups in total. The fraction of sp³-hybridized carbons (Fsp3) is 0.133. The van der Waals surface area contributed by atoms with Gasteiger partial charge in [-0.2, -0.15) is 5.26 Å². The Kier molecular flexibility index (Phi) is 4.49. The molecule has 0 amide bonds. The summed E-state index contributed by atoms with van der Waals surface area (Å²) in [6.45, 7) is 0.584. The van der Waals surface area contributed by atoms with Crippen molar-refractivity contribution < 1.29 is 9.84 Å². The Morgan fingerprint density at radius 3 is 2.60 bits per heavy atom. The van der Waals surface area contributed by atoms with Gasteiger partial charge in [0.25, 0.3) is 0 Å². The topological polar surface area (TPSA) is 65.3 Å². The monoisotopic (exact) mass is 332 g/mol. The molecule has 0 saturated heterocycles. The van der Waals surface area contributed by atoms with Crippen molar-refractivity contribution in [1.82, 2.24) is 0 Å². The molecule has 0 spiro atoms. The summed E-state index contributed by atoms with van der Waals surface area (Å²) < 4.78 is 5.70. The van der Waals surface area contributed by atoms with Gasteiger partial charge < -0.3 is 15.2 Å². The molecule has 0 aliphatic carbocycles. The fourth-order valence-corrected chi connectivity index (χ4v) is 2.24. The van der Waals surface area contributed by atoms with Gasteiger partial charge in [0.15, 0.2) is 11.5 Å². The van der Waals surface area contributed by atoms with Gasteiger partial charge in [-0.3, -0.25) is 0 Å². The van der Waals surface area contributed by atoms with E-state index in [-0.39, 0.29) is 5.75 Å². The molecule has 0 heterocycles. The van der Waals surface area contributed by atoms with Crippen molar-refractivity contribution in [3.05, 3.63) is 52.0 Å². The minimum absolute atomic E-state index is 0.0922. The molecular weight excluding hydrogens is 320 g/mol. The van der Waals surface area contributed by atoms with E-state index >= 15 is 0 Å². The number of ether oxygens (including phenoxy) is 1. The largest absolute Gasteiger partial charge is 0.503 e. The summed E-state index contributed by atoms with van der Waals surface area (Å²) in [5.41, 5.74) is 2.52. The van der Waals surface area contributed by atoms with Gasteiger partial charge in [-0.25, -0.2) is 0 Å². The van der Waals surface area contributed by atoms with Gasteiger partial charge in [0, 0.05) is 12.2 Å². The van der Waals surface area contributed by atoms with Crippen molar-refractivity contribution in [3.63, 3.8) is 0 Å². The molecule has 5 heteroatoms. The fourth-order valence-electron chi connectivity index (χ4n) is 1.75. The van der Waals surface area contributed by atoms with Crippen LogP contribution in [0, 0.1) is 11.3 Å². The summed E-state index contributed by atoms with van der Waals surface area (Å²) in [6.07, 6.45) is 0. The molecule has 0 aliphatic heterocycles. The van der Waals surface area contributed by atoms with Crippen LogP contribution in [0.3, 0.4) is 0 Å². The van der Waals surface area contributed by atoms with E-state index in [2.05, 4.69) is 27.3 Å². The van der Waals surface area contributed by atoms with Crippen LogP contribution in [0.5, 0.6) is 11.5 Å². The quantitative estimate of drug-likeness (QED) is 0.896. The average Bonchev–Trinajstić information content (AvgIpc) is 2.48. The van der Waals surface area contributed by atoms with Crippen molar-refractivity contribution in [3.8, 4) is 17.6 Å². The highest BCUT2D eigenvalue weighted by molar-refractivity contribution is 9.10. The van der Waals surface area contributed by atoms with Crippen molar-refractivity contribution in [1.29, 1.82) is 5.26 Å². The first-order valence-electron chi connectivity index (χ1n) is 5.93. The zero-order valence-corrected chi connectivity index (χ0v) is 12.4. The number of methoxy groups -OCH3 is 1. The van der Waals surface area contributed by atoms with Crippen LogP contribution in [0.25, 0.3) is 0 Å². The van der Waals surface area contributed by atoms with E-state index in [1.807, 2.05) is 18.2 Å². The van der Waals surface area contributed by atoms with Gasteiger partial charge in [-0.15, -0.1) is 0 Å². The van der Waals surface area contributed by atoms with Gasteiger partial charge in [0.2, 0.25) is 0 Å². The van der Waals surface area contributed by atoms with Crippen LogP contribution in [0.2, 0.25) is 0 Å². The second kappa shape index (κ2) is 6.31. The molecule has 0 atom stereocenters. The minimum Gasteiger partial charge on any atom is -0.503 e. The van der Waals surface area contributed by atoms with Crippen molar-refractivity contribution in [2.45, 2.75) is 6.54 Å². The third-order valence-corrected chi connectivity index (χ3v) is 3.42. The SMILES string of the molecule is COc1cc(CNc2ccc(C#N)cc2)cc(Br)c1O. The lowest BCUT2D eigenvalue weighted by Gasteiger charge is -2.10. The Morgan fingerprint density at radius 2 is 2.00 bits per heavy atom. The molecule has 0 radical (unpaired) electrons. The number of anilines is 1. The van der Waals surface area contributed by atoms with Crippen LogP contribution < -0.4 is 10.1 Å². The molecule has 0 bridgehead atoms. The van der Waals surface area contributed by atoms with E-state index < -0.39 is 0 Å². The highest BCUT2D eigenvalue weighted by Gasteiger charge is 2.08. The van der Waals surface area contributed by atoms with E-state index in [1.54, 1.807) is 18.2 Å². The number of benzene rings is 2. The number of hydrogen-bond acceptors (Lipinski definition) is 4. The maximum atomic E-state index is 9.74. The molecule has 0 aliphatic rings. The number of nitrogens with zero attached hydrogens (tertiary/aromatic N) is 1. The van der Waals surface area contributed by atoms with Gasteiger partial charge in [-0.1, -0.05) is 0 Å². The Labute approximate surface area is 125 Å². The molecule has 0 fully saturated rings. The number of phenolic OH excluding ortho intramolecular Hbond substituents is 1. The lowest BCUT2D eigenvalue weighted by Crippen LogP contribution is -2.00. The number of rotatable bonds is 4. The van der Waals surface area contributed by atoms with Crippen LogP contribution in [-0.4, -0.2) is 12.2 Å². The summed E-state index contributed by atoms with van der Waals surface area (Å²) in [4.78, 5) is 0. The maximum Gasteiger partial charge on any atom is 0.172 e. The van der Waals surface area contributed by atoms with Crippen molar-refractivity contribution in [2.75, 3.05) is 12.4 Å². The van der Waals surface area contributed by atoms with E-state index in [4.69, 9.17) is 10.00 Å². The Balaban J connectivity index is 2.10. The Morgan fingerprint density at radius 1 is 1.30 bits per heavy atom. The Hall–Kier alpha value is -2.19. The number of aromatic hydroxyl groups is 1. The second-order valence-electron chi connectivity index (χ2n) is 4.17. The van der Waals surface area contributed by atoms with Gasteiger partial charge in [-0.05, 0) is 57.9 Å². The first kappa shape index (κ1) is 14.2. The summed E-state index contributed by atoms with van der Waals surface area (Å²) >= 11 is 3.29. The summed E-state index contributed by atoms with van der Waals surface area (Å²) in [5.74, 6) is 0.519. The highest BCUT2D eigenvalue weighted by Crippen LogP contribution is 2.35. The molecule has 20 heavy (non-hydrogen) atoms. The van der Waals surface area contributed by atoms with E-state index in [0.29, 0.717) is 22.3 Å². The number of hydrogen-bond donors (Lipinski definition) is 2. The van der Waals surface area contributed by atoms with E-state index in [1.165, 1.54) is 7.11 Å². The van der Waals surface area contributed by atoms with Crippen LogP contribution in [0.4, 0.5) is 5.69 Å². The maximum absolute atomic E-state index is 9.74. The van der Waals surface area contributed by atoms with Crippen LogP contribution in [-0.2, 0) is 6.54 Å². The molecule has 0 saturated carbocycles. The summed E-state index contributed by atoms with van der Waals surface area (Å²) in [5, 5.41) is 21.7. The first-order chi connectivity index (χ1) is 9.63. The zero-order valence-electron chi connectivity index (χ0n) is 10.9. The summed E-state index contributed by atoms with van der Waals surface area (Å²) in [6, 6.07) is 12.9. The third-order valence-electron chi connectivity index (χ3n) is 2.82. The highest BCUT2D eigenvalue weighted by atomic mass is 79.9. The predicted molar refractivity (Wildman–Crippen MR) is 80.8 cm³/mol. The molecule has 2 aromatic rings. The number of phenols is 1. The van der Waals surface area contributed by atoms with Crippen LogP contribution in [0.15, 0.2) is 40.9 Å².